The molecule has 0 bridgehead atoms. The number of hydrogen-bond acceptors (Lipinski definition) is 6. The summed E-state index contributed by atoms with van der Waals surface area (Å²) >= 11 is 0. The van der Waals surface area contributed by atoms with E-state index in [1.54, 1.807) is 0 Å². The third kappa shape index (κ3) is 8.37. The summed E-state index contributed by atoms with van der Waals surface area (Å²) in [5, 5.41) is 2.34. The van der Waals surface area contributed by atoms with Crippen molar-refractivity contribution in [3.05, 3.63) is 139 Å². The SMILES string of the molecule is CCCCCCC1(CCCCCC)c2ccccc2-c2c1cc(-c1ccc(N(c3ccc(B4OC(C)(C)C(C)(C)O4)cc3)c3ccc(B4OC(C)(C)C(C)(C)O4)cc3)cc1)c1c2oc2ccccc21. The number of para-hydroxylation sites is 1. The third-order valence-electron chi connectivity index (χ3n) is 16.6. The molecule has 2 saturated heterocycles. The molecule has 0 unspecified atom stereocenters. The summed E-state index contributed by atoms with van der Waals surface area (Å²) in [5.41, 5.74) is 13.2. The minimum Gasteiger partial charge on any atom is -0.455 e. The average molecular weight is 920 g/mol. The van der Waals surface area contributed by atoms with Gasteiger partial charge >= 0.3 is 14.2 Å². The Balaban J connectivity index is 1.08. The van der Waals surface area contributed by atoms with Crippen molar-refractivity contribution in [2.75, 3.05) is 4.90 Å². The lowest BCUT2D eigenvalue weighted by molar-refractivity contribution is 0.00578. The van der Waals surface area contributed by atoms with E-state index >= 15 is 0 Å². The van der Waals surface area contributed by atoms with Gasteiger partial charge in [-0.25, -0.2) is 0 Å². The van der Waals surface area contributed by atoms with Gasteiger partial charge in [-0.1, -0.05) is 144 Å². The zero-order valence-corrected chi connectivity index (χ0v) is 42.8. The zero-order chi connectivity index (χ0) is 48.3. The fourth-order valence-electron chi connectivity index (χ4n) is 11.2. The van der Waals surface area contributed by atoms with Crippen molar-refractivity contribution in [2.45, 2.75) is 161 Å². The van der Waals surface area contributed by atoms with Crippen molar-refractivity contribution in [3.63, 3.8) is 0 Å². The molecule has 0 N–H and O–H groups in total. The first-order chi connectivity index (χ1) is 33.1. The molecule has 0 spiro atoms. The van der Waals surface area contributed by atoms with Crippen LogP contribution in [0, 0.1) is 0 Å². The summed E-state index contributed by atoms with van der Waals surface area (Å²) in [6.07, 6.45) is 12.2. The maximum Gasteiger partial charge on any atom is 0.494 e. The Bertz CT molecular complexity index is 2830. The van der Waals surface area contributed by atoms with Gasteiger partial charge in [0.1, 0.15) is 11.2 Å². The molecule has 0 saturated carbocycles. The molecule has 0 radical (unpaired) electrons. The van der Waals surface area contributed by atoms with E-state index in [1.165, 1.54) is 90.1 Å². The lowest BCUT2D eigenvalue weighted by Crippen LogP contribution is -2.41. The number of unbranched alkanes of at least 4 members (excludes halogenated alkanes) is 6. The van der Waals surface area contributed by atoms with Crippen LogP contribution in [0.2, 0.25) is 0 Å². The molecule has 2 fully saturated rings. The molecule has 0 atom stereocenters. The Kier molecular flexibility index (Phi) is 12.6. The van der Waals surface area contributed by atoms with E-state index in [2.05, 4.69) is 202 Å². The highest BCUT2D eigenvalue weighted by atomic mass is 16.7. The summed E-state index contributed by atoms with van der Waals surface area (Å²) in [6.45, 7) is 21.4. The standard InChI is InChI=1S/C61H71B2NO5/c1-11-13-15-21-39-61(40-22-16-14-12-2)51-25-19-17-23-48(51)55-52(61)41-50(54-49-24-18-20-26-53(49)65-56(54)55)42-27-33-45(34-28-42)64(46-35-29-43(30-36-46)62-66-57(3,4)58(5,6)67-62)47-37-31-44(32-38-47)63-68-59(7,8)60(9,10)69-63/h17-20,23-38,41H,11-16,21-22,39-40H2,1-10H3. The zero-order valence-electron chi connectivity index (χ0n) is 42.8. The second kappa shape index (κ2) is 18.2. The fraction of sp³-hybridized carbons (Fsp3) is 0.410. The normalized spacial score (nSPS) is 18.3. The monoisotopic (exact) mass is 920 g/mol. The largest absolute Gasteiger partial charge is 0.494 e. The lowest BCUT2D eigenvalue weighted by Gasteiger charge is -2.33. The van der Waals surface area contributed by atoms with E-state index in [9.17, 15) is 0 Å². The number of furan rings is 1. The van der Waals surface area contributed by atoms with Gasteiger partial charge in [0, 0.05) is 38.8 Å². The van der Waals surface area contributed by atoms with Crippen LogP contribution in [-0.4, -0.2) is 36.6 Å². The van der Waals surface area contributed by atoms with Crippen LogP contribution < -0.4 is 15.8 Å². The third-order valence-corrected chi connectivity index (χ3v) is 16.6. The first-order valence-electron chi connectivity index (χ1n) is 26.0. The van der Waals surface area contributed by atoms with Crippen LogP contribution in [-0.2, 0) is 24.0 Å². The van der Waals surface area contributed by atoms with Gasteiger partial charge in [-0.3, -0.25) is 0 Å². The Morgan fingerprint density at radius 1 is 0.464 bits per heavy atom. The van der Waals surface area contributed by atoms with Gasteiger partial charge in [-0.2, -0.15) is 0 Å². The van der Waals surface area contributed by atoms with E-state index in [0.717, 1.165) is 57.4 Å². The van der Waals surface area contributed by atoms with E-state index in [4.69, 9.17) is 23.0 Å². The van der Waals surface area contributed by atoms with Crippen LogP contribution in [0.4, 0.5) is 17.1 Å². The smallest absolute Gasteiger partial charge is 0.455 e. The molecule has 0 amide bonds. The van der Waals surface area contributed by atoms with E-state index < -0.39 is 36.6 Å². The molecule has 7 aromatic rings. The van der Waals surface area contributed by atoms with E-state index in [1.807, 2.05) is 0 Å². The summed E-state index contributed by atoms with van der Waals surface area (Å²) < 4.78 is 32.9. The number of nitrogens with zero attached hydrogens (tertiary/aromatic N) is 1. The Morgan fingerprint density at radius 2 is 0.928 bits per heavy atom. The van der Waals surface area contributed by atoms with Crippen LogP contribution >= 0.6 is 0 Å². The average Bonchev–Trinajstić information content (AvgIpc) is 3.99. The molecule has 10 rings (SSSR count). The molecule has 3 heterocycles. The van der Waals surface area contributed by atoms with Gasteiger partial charge in [0.2, 0.25) is 0 Å². The second-order valence-corrected chi connectivity index (χ2v) is 22.1. The molecule has 3 aliphatic rings. The molecule has 1 aliphatic carbocycles. The number of fused-ring (bicyclic) bond motifs is 7. The van der Waals surface area contributed by atoms with Gasteiger partial charge in [0.25, 0.3) is 0 Å². The Morgan fingerprint density at radius 3 is 1.43 bits per heavy atom. The Labute approximate surface area is 412 Å². The van der Waals surface area contributed by atoms with Gasteiger partial charge in [0.15, 0.2) is 0 Å². The van der Waals surface area contributed by atoms with Crippen molar-refractivity contribution in [2.24, 2.45) is 0 Å². The van der Waals surface area contributed by atoms with Crippen molar-refractivity contribution in [1.82, 2.24) is 0 Å². The molecular weight excluding hydrogens is 848 g/mol. The van der Waals surface area contributed by atoms with Crippen LogP contribution in [0.1, 0.15) is 145 Å². The molecule has 1 aromatic heterocycles. The van der Waals surface area contributed by atoms with Gasteiger partial charge < -0.3 is 27.9 Å². The first kappa shape index (κ1) is 47.6. The van der Waals surface area contributed by atoms with Crippen LogP contribution in [0.5, 0.6) is 0 Å². The van der Waals surface area contributed by atoms with Crippen molar-refractivity contribution < 1.29 is 23.0 Å². The summed E-state index contributed by atoms with van der Waals surface area (Å²) in [6, 6.07) is 46.9. The summed E-state index contributed by atoms with van der Waals surface area (Å²) in [7, 11) is -0.892. The minimum atomic E-state index is -0.446. The molecule has 6 aromatic carbocycles. The lowest BCUT2D eigenvalue weighted by atomic mass is 9.70. The highest BCUT2D eigenvalue weighted by Crippen LogP contribution is 2.58. The predicted molar refractivity (Wildman–Crippen MR) is 289 cm³/mol. The molecule has 2 aliphatic heterocycles. The first-order valence-corrected chi connectivity index (χ1v) is 26.0. The number of hydrogen-bond donors (Lipinski definition) is 0. The van der Waals surface area contributed by atoms with Crippen LogP contribution in [0.3, 0.4) is 0 Å². The van der Waals surface area contributed by atoms with Gasteiger partial charge in [0.05, 0.1) is 22.4 Å². The van der Waals surface area contributed by atoms with Crippen molar-refractivity contribution in [1.29, 1.82) is 0 Å². The van der Waals surface area contributed by atoms with Crippen LogP contribution in [0.15, 0.2) is 132 Å². The minimum absolute atomic E-state index is 0.0788. The Hall–Kier alpha value is -5.11. The quantitative estimate of drug-likeness (QED) is 0.0711. The highest BCUT2D eigenvalue weighted by molar-refractivity contribution is 6.62. The maximum atomic E-state index is 7.07. The van der Waals surface area contributed by atoms with E-state index in [0.29, 0.717) is 0 Å². The summed E-state index contributed by atoms with van der Waals surface area (Å²) in [5.74, 6) is 0. The molecule has 69 heavy (non-hydrogen) atoms. The van der Waals surface area contributed by atoms with Gasteiger partial charge in [-0.15, -0.1) is 0 Å². The van der Waals surface area contributed by atoms with Crippen LogP contribution in [0.25, 0.3) is 44.2 Å². The second-order valence-electron chi connectivity index (χ2n) is 22.1. The molecular formula is C61H71B2NO5. The van der Waals surface area contributed by atoms with Crippen molar-refractivity contribution in [3.8, 4) is 22.3 Å². The number of rotatable bonds is 16. The van der Waals surface area contributed by atoms with Crippen molar-refractivity contribution >= 4 is 64.2 Å². The number of anilines is 3. The molecule has 8 heteroatoms. The molecule has 356 valence electrons. The maximum absolute atomic E-state index is 7.07. The number of benzene rings is 6. The fourth-order valence-corrected chi connectivity index (χ4v) is 11.2. The topological polar surface area (TPSA) is 53.3 Å². The van der Waals surface area contributed by atoms with Gasteiger partial charge in [-0.05, 0) is 156 Å². The molecule has 6 nitrogen and oxygen atoms in total. The predicted octanol–water partition coefficient (Wildman–Crippen LogP) is 15.5. The summed E-state index contributed by atoms with van der Waals surface area (Å²) in [4.78, 5) is 2.33. The highest BCUT2D eigenvalue weighted by Gasteiger charge is 2.53. The van der Waals surface area contributed by atoms with E-state index in [-0.39, 0.29) is 5.41 Å².